The molecular weight excluding hydrogens is 378 g/mol. The summed E-state index contributed by atoms with van der Waals surface area (Å²) in [5.41, 5.74) is 6.52. The van der Waals surface area contributed by atoms with Gasteiger partial charge in [-0.3, -0.25) is 4.90 Å². The van der Waals surface area contributed by atoms with Crippen molar-refractivity contribution in [3.05, 3.63) is 137 Å². The molecule has 0 spiro atoms. The Morgan fingerprint density at radius 2 is 1.23 bits per heavy atom. The molecule has 0 N–H and O–H groups in total. The van der Waals surface area contributed by atoms with Gasteiger partial charge < -0.3 is 4.74 Å². The smallest absolute Gasteiger partial charge is 0.118 e. The van der Waals surface area contributed by atoms with Gasteiger partial charge in [0.05, 0.1) is 18.7 Å². The minimum absolute atomic E-state index is 0.350. The van der Waals surface area contributed by atoms with Crippen LogP contribution in [0.15, 0.2) is 109 Å². The molecule has 2 heteroatoms. The molecule has 1 aliphatic carbocycles. The number of nitrogens with zero attached hydrogens (tertiary/aromatic N) is 1. The fourth-order valence-corrected chi connectivity index (χ4v) is 5.68. The molecule has 2 nitrogen and oxygen atoms in total. The summed E-state index contributed by atoms with van der Waals surface area (Å²) in [6.07, 6.45) is 1.11. The van der Waals surface area contributed by atoms with E-state index in [2.05, 4.69) is 114 Å². The molecule has 0 bridgehead atoms. The Labute approximate surface area is 183 Å². The predicted octanol–water partition coefficient (Wildman–Crippen LogP) is 5.97. The van der Waals surface area contributed by atoms with Gasteiger partial charge in [-0.25, -0.2) is 0 Å². The molecule has 4 aromatic carbocycles. The predicted molar refractivity (Wildman–Crippen MR) is 124 cm³/mol. The molecule has 0 amide bonds. The van der Waals surface area contributed by atoms with E-state index in [9.17, 15) is 0 Å². The Bertz CT molecular complexity index is 1160. The summed E-state index contributed by atoms with van der Waals surface area (Å²) in [6, 6.07) is 40.5. The zero-order chi connectivity index (χ0) is 20.8. The van der Waals surface area contributed by atoms with Crippen LogP contribution in [-0.2, 0) is 12.0 Å². The number of hydrogen-bond donors (Lipinski definition) is 0. The second-order valence-corrected chi connectivity index (χ2v) is 8.49. The molecule has 1 fully saturated rings. The van der Waals surface area contributed by atoms with Crippen LogP contribution in [-0.4, -0.2) is 18.1 Å². The van der Waals surface area contributed by atoms with Gasteiger partial charge in [-0.15, -0.1) is 0 Å². The van der Waals surface area contributed by atoms with E-state index in [1.54, 1.807) is 7.11 Å². The lowest BCUT2D eigenvalue weighted by atomic mass is 9.76. The van der Waals surface area contributed by atoms with Crippen LogP contribution in [0, 0.1) is 0 Å². The van der Waals surface area contributed by atoms with Crippen molar-refractivity contribution in [1.82, 2.24) is 4.90 Å². The molecule has 1 heterocycles. The number of benzene rings is 4. The van der Waals surface area contributed by atoms with Crippen LogP contribution >= 0.6 is 0 Å². The monoisotopic (exact) mass is 403 g/mol. The zero-order valence-electron chi connectivity index (χ0n) is 17.6. The summed E-state index contributed by atoms with van der Waals surface area (Å²) in [5, 5.41) is 0. The highest BCUT2D eigenvalue weighted by molar-refractivity contribution is 5.56. The fourth-order valence-electron chi connectivity index (χ4n) is 5.68. The topological polar surface area (TPSA) is 12.2 Å². The van der Waals surface area contributed by atoms with Crippen molar-refractivity contribution in [2.75, 3.05) is 7.11 Å². The Morgan fingerprint density at radius 3 is 1.84 bits per heavy atom. The molecular formula is C29H25NO. The summed E-state index contributed by atoms with van der Waals surface area (Å²) < 4.78 is 5.48. The lowest BCUT2D eigenvalue weighted by molar-refractivity contribution is 0.295. The highest BCUT2D eigenvalue weighted by Gasteiger charge is 2.63. The van der Waals surface area contributed by atoms with E-state index in [-0.39, 0.29) is 5.54 Å². The first-order chi connectivity index (χ1) is 15.3. The average Bonchev–Trinajstić information content (AvgIpc) is 3.42. The summed E-state index contributed by atoms with van der Waals surface area (Å²) in [5.74, 6) is 0.884. The molecule has 3 atom stereocenters. The van der Waals surface area contributed by atoms with Gasteiger partial charge in [-0.05, 0) is 46.4 Å². The third kappa shape index (κ3) is 2.68. The molecule has 0 radical (unpaired) electrons. The highest BCUT2D eigenvalue weighted by Crippen LogP contribution is 2.62. The molecule has 2 aliphatic rings. The van der Waals surface area contributed by atoms with Gasteiger partial charge in [-0.1, -0.05) is 97.1 Å². The summed E-state index contributed by atoms with van der Waals surface area (Å²) in [6.45, 7) is 0. The Kier molecular flexibility index (Phi) is 4.22. The van der Waals surface area contributed by atoms with E-state index < -0.39 is 0 Å². The van der Waals surface area contributed by atoms with Gasteiger partial charge in [0.1, 0.15) is 5.75 Å². The van der Waals surface area contributed by atoms with Crippen molar-refractivity contribution in [3.8, 4) is 5.75 Å². The first-order valence-electron chi connectivity index (χ1n) is 11.0. The minimum Gasteiger partial charge on any atom is -0.497 e. The summed E-state index contributed by atoms with van der Waals surface area (Å²) in [7, 11) is 1.72. The molecule has 31 heavy (non-hydrogen) atoms. The van der Waals surface area contributed by atoms with Gasteiger partial charge in [0.25, 0.3) is 0 Å². The normalized spacial score (nSPS) is 21.3. The van der Waals surface area contributed by atoms with E-state index in [4.69, 9.17) is 4.74 Å². The second kappa shape index (κ2) is 7.11. The molecule has 1 saturated heterocycles. The van der Waals surface area contributed by atoms with Gasteiger partial charge in [0.2, 0.25) is 0 Å². The van der Waals surface area contributed by atoms with Crippen molar-refractivity contribution in [1.29, 1.82) is 0 Å². The third-order valence-corrected chi connectivity index (χ3v) is 7.01. The van der Waals surface area contributed by atoms with E-state index in [0.29, 0.717) is 12.1 Å². The van der Waals surface area contributed by atoms with Crippen LogP contribution in [0.4, 0.5) is 0 Å². The SMILES string of the molecule is COc1ccc(C(c2ccccc2)(c2ccccc2)N2[C@@H]3c4ccccc4C[C@@H]32)cc1. The third-order valence-electron chi connectivity index (χ3n) is 7.01. The average molecular weight is 404 g/mol. The standard InChI is InChI=1S/C29H25NO/c1-31-25-18-16-24(17-19-25)29(22-11-4-2-5-12-22,23-13-6-3-7-14-23)30-27-20-21-10-8-9-15-26(21)28(27)30/h2-19,27-28H,20H2,1H3/t27-,28+,30?/m0/s1. The molecule has 4 aromatic rings. The lowest BCUT2D eigenvalue weighted by Gasteiger charge is -2.39. The van der Waals surface area contributed by atoms with Gasteiger partial charge in [-0.2, -0.15) is 0 Å². The first-order valence-corrected chi connectivity index (χ1v) is 11.0. The Balaban J connectivity index is 1.60. The second-order valence-electron chi connectivity index (χ2n) is 8.49. The van der Waals surface area contributed by atoms with E-state index in [0.717, 1.165) is 12.2 Å². The fraction of sp³-hybridized carbons (Fsp3) is 0.172. The number of hydrogen-bond acceptors (Lipinski definition) is 2. The van der Waals surface area contributed by atoms with Gasteiger partial charge in [0.15, 0.2) is 0 Å². The number of fused-ring (bicyclic) bond motifs is 3. The summed E-state index contributed by atoms with van der Waals surface area (Å²) >= 11 is 0. The molecule has 152 valence electrons. The van der Waals surface area contributed by atoms with Crippen LogP contribution in [0.1, 0.15) is 33.9 Å². The number of rotatable bonds is 5. The lowest BCUT2D eigenvalue weighted by Crippen LogP contribution is -2.40. The largest absolute Gasteiger partial charge is 0.497 e. The first kappa shape index (κ1) is 18.4. The summed E-state index contributed by atoms with van der Waals surface area (Å²) in [4.78, 5) is 2.72. The maximum atomic E-state index is 5.48. The van der Waals surface area contributed by atoms with Gasteiger partial charge >= 0.3 is 0 Å². The van der Waals surface area contributed by atoms with Crippen molar-refractivity contribution >= 4 is 0 Å². The van der Waals surface area contributed by atoms with Crippen LogP contribution in [0.2, 0.25) is 0 Å². The van der Waals surface area contributed by atoms with E-state index in [1.807, 2.05) is 0 Å². The maximum Gasteiger partial charge on any atom is 0.118 e. The molecule has 0 saturated carbocycles. The number of ether oxygens (including phenoxy) is 1. The Hall–Kier alpha value is -3.36. The van der Waals surface area contributed by atoms with Crippen molar-refractivity contribution < 1.29 is 4.74 Å². The number of methoxy groups -OCH3 is 1. The zero-order valence-corrected chi connectivity index (χ0v) is 17.6. The van der Waals surface area contributed by atoms with Crippen LogP contribution < -0.4 is 4.74 Å². The highest BCUT2D eigenvalue weighted by atomic mass is 16.5. The van der Waals surface area contributed by atoms with E-state index >= 15 is 0 Å². The molecule has 1 aliphatic heterocycles. The van der Waals surface area contributed by atoms with Crippen LogP contribution in [0.3, 0.4) is 0 Å². The van der Waals surface area contributed by atoms with Crippen molar-refractivity contribution in [3.63, 3.8) is 0 Å². The Morgan fingerprint density at radius 1 is 0.677 bits per heavy atom. The van der Waals surface area contributed by atoms with E-state index in [1.165, 1.54) is 27.8 Å². The molecule has 6 rings (SSSR count). The van der Waals surface area contributed by atoms with Gasteiger partial charge in [0, 0.05) is 6.04 Å². The minimum atomic E-state index is -0.350. The van der Waals surface area contributed by atoms with Crippen molar-refractivity contribution in [2.24, 2.45) is 0 Å². The molecule has 0 aromatic heterocycles. The van der Waals surface area contributed by atoms with Crippen molar-refractivity contribution in [2.45, 2.75) is 24.0 Å². The van der Waals surface area contributed by atoms with Crippen LogP contribution in [0.5, 0.6) is 5.75 Å². The quantitative estimate of drug-likeness (QED) is 0.301. The maximum absolute atomic E-state index is 5.48. The van der Waals surface area contributed by atoms with Crippen LogP contribution in [0.25, 0.3) is 0 Å². The molecule has 1 unspecified atom stereocenters.